The molecule has 248 valence electrons. The zero-order valence-corrected chi connectivity index (χ0v) is 26.9. The molecule has 1 aliphatic carbocycles. The maximum atomic E-state index is 14.4. The lowest BCUT2D eigenvalue weighted by atomic mass is 9.78. The number of hydrogen-bond donors (Lipinski definition) is 1. The van der Waals surface area contributed by atoms with Crippen molar-refractivity contribution in [3.05, 3.63) is 124 Å². The highest BCUT2D eigenvalue weighted by Crippen LogP contribution is 2.49. The van der Waals surface area contributed by atoms with Crippen LogP contribution in [0.25, 0.3) is 0 Å². The van der Waals surface area contributed by atoms with E-state index in [0.29, 0.717) is 33.5 Å². The summed E-state index contributed by atoms with van der Waals surface area (Å²) in [7, 11) is 1.56. The number of hydrogen-bond acceptors (Lipinski definition) is 6. The maximum Gasteiger partial charge on any atom is 0.471 e. The van der Waals surface area contributed by atoms with Gasteiger partial charge in [0.15, 0.2) is 17.3 Å². The van der Waals surface area contributed by atoms with Crippen LogP contribution in [0.2, 0.25) is 5.02 Å². The highest BCUT2D eigenvalue weighted by atomic mass is 35.5. The number of carbonyl (C=O) groups excluding carboxylic acids is 2. The van der Waals surface area contributed by atoms with Crippen LogP contribution in [0.4, 0.5) is 24.5 Å². The number of ketones is 1. The summed E-state index contributed by atoms with van der Waals surface area (Å²) in [6.45, 7) is 2.18. The van der Waals surface area contributed by atoms with Crippen LogP contribution in [-0.4, -0.2) is 31.6 Å². The number of rotatable bonds is 8. The van der Waals surface area contributed by atoms with E-state index in [1.165, 1.54) is 6.07 Å². The van der Waals surface area contributed by atoms with Gasteiger partial charge >= 0.3 is 12.1 Å². The van der Waals surface area contributed by atoms with Gasteiger partial charge in [-0.15, -0.1) is 0 Å². The van der Waals surface area contributed by atoms with E-state index in [9.17, 15) is 22.8 Å². The Morgan fingerprint density at radius 2 is 1.62 bits per heavy atom. The summed E-state index contributed by atoms with van der Waals surface area (Å²) < 4.78 is 60.4. The highest BCUT2D eigenvalue weighted by Gasteiger charge is 2.50. The van der Waals surface area contributed by atoms with Crippen molar-refractivity contribution in [2.24, 2.45) is 0 Å². The number of nitrogens with one attached hydrogen (secondary N) is 1. The van der Waals surface area contributed by atoms with E-state index in [1.807, 2.05) is 24.3 Å². The number of allylic oxidation sites excluding steroid dienone is 1. The lowest BCUT2D eigenvalue weighted by Crippen LogP contribution is -2.45. The fraction of sp³-hybridized carbons (Fsp3) is 0.243. The van der Waals surface area contributed by atoms with E-state index in [4.69, 9.17) is 25.8 Å². The average Bonchev–Trinajstić information content (AvgIpc) is 3.22. The molecule has 1 aliphatic heterocycles. The number of nitrogens with zero attached hydrogens (tertiary/aromatic N) is 1. The second kappa shape index (κ2) is 13.6. The maximum absolute atomic E-state index is 14.4. The van der Waals surface area contributed by atoms with Crippen molar-refractivity contribution in [3.63, 3.8) is 0 Å². The molecule has 1 N–H and O–H groups in total. The molecular formula is C37H32ClF3N2O5. The lowest BCUT2D eigenvalue weighted by molar-refractivity contribution is -0.170. The van der Waals surface area contributed by atoms with Crippen LogP contribution >= 0.6 is 11.6 Å². The van der Waals surface area contributed by atoms with Crippen molar-refractivity contribution < 1.29 is 37.0 Å². The first kappa shape index (κ1) is 33.0. The Bertz CT molecular complexity index is 1860. The lowest BCUT2D eigenvalue weighted by Gasteiger charge is -2.35. The van der Waals surface area contributed by atoms with E-state index < -0.39 is 18.1 Å². The molecule has 0 fully saturated rings. The number of amides is 1. The molecule has 0 unspecified atom stereocenters. The summed E-state index contributed by atoms with van der Waals surface area (Å²) in [6, 6.07) is 24.0. The first-order valence-electron chi connectivity index (χ1n) is 15.4. The molecule has 11 heteroatoms. The van der Waals surface area contributed by atoms with Gasteiger partial charge in [0.2, 0.25) is 0 Å². The number of alkyl halides is 3. The third-order valence-corrected chi connectivity index (χ3v) is 8.68. The van der Waals surface area contributed by atoms with Crippen molar-refractivity contribution in [1.82, 2.24) is 0 Å². The van der Waals surface area contributed by atoms with Crippen LogP contribution in [0.1, 0.15) is 48.4 Å². The molecule has 2 atom stereocenters. The minimum atomic E-state index is -5.23. The topological polar surface area (TPSA) is 77.1 Å². The number of fused-ring (bicyclic) bond motifs is 1. The number of carbonyl (C=O) groups is 2. The summed E-state index contributed by atoms with van der Waals surface area (Å²) in [5.41, 5.74) is 2.80. The standard InChI is InChI=1S/C37H32ClF3N2O5/c1-3-47-33-20-24(12-17-32(33)48-21-22-8-13-26(38)14-9-22)35-34-29(18-25(19-31(34)44)23-10-15-27(46-2)16-11-23)42-28-6-4-5-7-30(28)43(35)36(45)37(39,40)41/h4-17,20,25,35,42H,3,18-19,21H2,1-2H3/t25-,35-/m0/s1. The van der Waals surface area contributed by atoms with E-state index in [0.717, 1.165) is 11.1 Å². The van der Waals surface area contributed by atoms with Gasteiger partial charge in [-0.25, -0.2) is 0 Å². The van der Waals surface area contributed by atoms with Gasteiger partial charge in [-0.2, -0.15) is 13.2 Å². The second-order valence-corrected chi connectivity index (χ2v) is 11.9. The fourth-order valence-electron chi connectivity index (χ4n) is 6.20. The van der Waals surface area contributed by atoms with Gasteiger partial charge in [-0.3, -0.25) is 14.5 Å². The minimum absolute atomic E-state index is 0.00551. The Labute approximate surface area is 280 Å². The third kappa shape index (κ3) is 6.71. The Kier molecular flexibility index (Phi) is 9.37. The average molecular weight is 677 g/mol. The summed E-state index contributed by atoms with van der Waals surface area (Å²) in [5.74, 6) is -1.45. The molecular weight excluding hydrogens is 645 g/mol. The van der Waals surface area contributed by atoms with E-state index >= 15 is 0 Å². The van der Waals surface area contributed by atoms with Crippen LogP contribution in [0.3, 0.4) is 0 Å². The summed E-state index contributed by atoms with van der Waals surface area (Å²) >= 11 is 6.01. The van der Waals surface area contributed by atoms with Gasteiger partial charge in [0.1, 0.15) is 12.4 Å². The summed E-state index contributed by atoms with van der Waals surface area (Å²) in [6.07, 6.45) is -4.87. The molecule has 1 heterocycles. The Hall–Kier alpha value is -4.96. The second-order valence-electron chi connectivity index (χ2n) is 11.5. The number of para-hydroxylation sites is 2. The van der Waals surface area contributed by atoms with Gasteiger partial charge in [-0.05, 0) is 84.5 Å². The molecule has 0 aromatic heterocycles. The SMILES string of the molecule is CCOc1cc([C@H]2C3=C(C[C@H](c4ccc(OC)cc4)CC3=O)Nc3ccccc3N2C(=O)C(F)(F)F)ccc1OCc1ccc(Cl)cc1. The number of Topliss-reactive ketones (excluding diaryl/α,β-unsaturated/α-hetero) is 1. The molecule has 48 heavy (non-hydrogen) atoms. The molecule has 1 amide bonds. The zero-order valence-electron chi connectivity index (χ0n) is 26.1. The fourth-order valence-corrected chi connectivity index (χ4v) is 6.33. The number of benzene rings is 4. The van der Waals surface area contributed by atoms with Gasteiger partial charge < -0.3 is 19.5 Å². The summed E-state index contributed by atoms with van der Waals surface area (Å²) in [5, 5.41) is 3.83. The number of anilines is 2. The molecule has 0 spiro atoms. The van der Waals surface area contributed by atoms with Crippen LogP contribution < -0.4 is 24.4 Å². The molecule has 6 rings (SSSR count). The van der Waals surface area contributed by atoms with Crippen LogP contribution in [-0.2, 0) is 16.2 Å². The van der Waals surface area contributed by atoms with E-state index in [2.05, 4.69) is 5.32 Å². The van der Waals surface area contributed by atoms with E-state index in [-0.39, 0.29) is 59.6 Å². The first-order chi connectivity index (χ1) is 23.1. The Morgan fingerprint density at radius 1 is 0.917 bits per heavy atom. The smallest absolute Gasteiger partial charge is 0.471 e. The molecule has 0 radical (unpaired) electrons. The molecule has 0 bridgehead atoms. The number of methoxy groups -OCH3 is 1. The Morgan fingerprint density at radius 3 is 2.31 bits per heavy atom. The van der Waals surface area contributed by atoms with Gasteiger partial charge in [0.05, 0.1) is 31.1 Å². The van der Waals surface area contributed by atoms with Crippen molar-refractivity contribution >= 4 is 34.7 Å². The molecule has 7 nitrogen and oxygen atoms in total. The van der Waals surface area contributed by atoms with Gasteiger partial charge in [0, 0.05) is 22.7 Å². The Balaban J connectivity index is 1.48. The van der Waals surface area contributed by atoms with E-state index in [1.54, 1.807) is 74.7 Å². The normalized spacial score (nSPS) is 17.5. The molecule has 2 aliphatic rings. The van der Waals surface area contributed by atoms with Gasteiger partial charge in [-0.1, -0.05) is 54.1 Å². The molecule has 4 aromatic rings. The number of ether oxygens (including phenoxy) is 3. The molecule has 0 saturated carbocycles. The zero-order chi connectivity index (χ0) is 34.0. The van der Waals surface area contributed by atoms with Crippen molar-refractivity contribution in [1.29, 1.82) is 0 Å². The first-order valence-corrected chi connectivity index (χ1v) is 15.8. The third-order valence-electron chi connectivity index (χ3n) is 8.43. The predicted octanol–water partition coefficient (Wildman–Crippen LogP) is 8.79. The molecule has 0 saturated heterocycles. The minimum Gasteiger partial charge on any atom is -0.497 e. The van der Waals surface area contributed by atoms with Crippen LogP contribution in [0.15, 0.2) is 102 Å². The van der Waals surface area contributed by atoms with Crippen molar-refractivity contribution in [3.8, 4) is 17.2 Å². The van der Waals surface area contributed by atoms with Crippen molar-refractivity contribution in [2.45, 2.75) is 44.5 Å². The van der Waals surface area contributed by atoms with Gasteiger partial charge in [0.25, 0.3) is 0 Å². The van der Waals surface area contributed by atoms with Crippen LogP contribution in [0, 0.1) is 0 Å². The summed E-state index contributed by atoms with van der Waals surface area (Å²) in [4.78, 5) is 28.2. The highest BCUT2D eigenvalue weighted by molar-refractivity contribution is 6.30. The van der Waals surface area contributed by atoms with Crippen molar-refractivity contribution in [2.75, 3.05) is 23.9 Å². The molecule has 4 aromatic carbocycles. The largest absolute Gasteiger partial charge is 0.497 e. The predicted molar refractivity (Wildman–Crippen MR) is 177 cm³/mol. The number of halogens is 4. The van der Waals surface area contributed by atoms with Crippen LogP contribution in [0.5, 0.6) is 17.2 Å². The quantitative estimate of drug-likeness (QED) is 0.201. The monoisotopic (exact) mass is 676 g/mol.